The van der Waals surface area contributed by atoms with Crippen LogP contribution in [-0.4, -0.2) is 42.5 Å². The summed E-state index contributed by atoms with van der Waals surface area (Å²) in [6, 6.07) is 4.96. The van der Waals surface area contributed by atoms with Gasteiger partial charge in [0, 0.05) is 5.92 Å². The van der Waals surface area contributed by atoms with Crippen LogP contribution in [0.5, 0.6) is 0 Å². The molecule has 0 spiro atoms. The van der Waals surface area contributed by atoms with E-state index in [0.717, 1.165) is 0 Å². The highest BCUT2D eigenvalue weighted by Crippen LogP contribution is 2.25. The molecule has 1 aliphatic rings. The Hall–Kier alpha value is -1.79. The maximum absolute atomic E-state index is 12.1. The quantitative estimate of drug-likeness (QED) is 0.578. The van der Waals surface area contributed by atoms with Crippen molar-refractivity contribution in [3.8, 4) is 0 Å². The molecule has 22 heavy (non-hydrogen) atoms. The molecule has 6 heteroatoms. The molecule has 2 atom stereocenters. The molecule has 0 radical (unpaired) electrons. The third-order valence-corrected chi connectivity index (χ3v) is 3.46. The van der Waals surface area contributed by atoms with Gasteiger partial charge in [0.25, 0.3) is 0 Å². The summed E-state index contributed by atoms with van der Waals surface area (Å²) in [5, 5.41) is 12.6. The van der Waals surface area contributed by atoms with Crippen LogP contribution in [0.2, 0.25) is 0 Å². The van der Waals surface area contributed by atoms with Crippen molar-refractivity contribution in [2.24, 2.45) is 5.92 Å². The van der Waals surface area contributed by atoms with Crippen LogP contribution in [0.4, 0.5) is 11.4 Å². The van der Waals surface area contributed by atoms with Gasteiger partial charge in [-0.2, -0.15) is 0 Å². The molecule has 0 saturated carbocycles. The number of ether oxygens (including phenoxy) is 2. The van der Waals surface area contributed by atoms with E-state index in [-0.39, 0.29) is 18.6 Å². The van der Waals surface area contributed by atoms with E-state index < -0.39 is 11.6 Å². The van der Waals surface area contributed by atoms with Crippen LogP contribution in [0, 0.1) is 5.92 Å². The van der Waals surface area contributed by atoms with Crippen LogP contribution < -0.4 is 11.1 Å². The van der Waals surface area contributed by atoms with Gasteiger partial charge in [-0.25, -0.2) is 4.79 Å². The number of benzene rings is 1. The first-order valence-corrected chi connectivity index (χ1v) is 7.38. The largest absolute Gasteiger partial charge is 0.456 e. The minimum Gasteiger partial charge on any atom is -0.456 e. The number of aliphatic hydroxyl groups is 1. The van der Waals surface area contributed by atoms with E-state index in [0.29, 0.717) is 30.2 Å². The average molecular weight is 308 g/mol. The zero-order valence-corrected chi connectivity index (χ0v) is 13.3. The van der Waals surface area contributed by atoms with Crippen LogP contribution in [0.3, 0.4) is 0 Å². The van der Waals surface area contributed by atoms with E-state index in [1.54, 1.807) is 18.2 Å². The number of esters is 1. The Kier molecular flexibility index (Phi) is 4.93. The second kappa shape index (κ2) is 6.54. The molecule has 1 aromatic carbocycles. The van der Waals surface area contributed by atoms with Gasteiger partial charge in [0.05, 0.1) is 42.8 Å². The molecule has 1 unspecified atom stereocenters. The Bertz CT molecular complexity index is 539. The van der Waals surface area contributed by atoms with Gasteiger partial charge >= 0.3 is 5.97 Å². The van der Waals surface area contributed by atoms with Crippen molar-refractivity contribution in [3.63, 3.8) is 0 Å². The molecule has 0 aliphatic carbocycles. The normalized spacial score (nSPS) is 21.6. The highest BCUT2D eigenvalue weighted by atomic mass is 16.6. The lowest BCUT2D eigenvalue weighted by Crippen LogP contribution is -2.30. The first kappa shape index (κ1) is 16.6. The van der Waals surface area contributed by atoms with Gasteiger partial charge in [-0.05, 0) is 39.0 Å². The fourth-order valence-electron chi connectivity index (χ4n) is 2.28. The standard InChI is InChI=1S/C16H24N2O4/c1-16(2,3)22-15(20)10-4-5-12(17)13(6-10)18-14-9-21-8-11(14)7-19/h4-6,11,14,18-19H,7-9,17H2,1-3H3/t11?,14-/m1/s1. The fourth-order valence-corrected chi connectivity index (χ4v) is 2.28. The lowest BCUT2D eigenvalue weighted by Gasteiger charge is -2.22. The van der Waals surface area contributed by atoms with Crippen LogP contribution in [-0.2, 0) is 9.47 Å². The zero-order valence-electron chi connectivity index (χ0n) is 13.3. The molecule has 1 fully saturated rings. The van der Waals surface area contributed by atoms with Crippen molar-refractivity contribution in [1.82, 2.24) is 0 Å². The summed E-state index contributed by atoms with van der Waals surface area (Å²) in [7, 11) is 0. The van der Waals surface area contributed by atoms with E-state index in [4.69, 9.17) is 15.2 Å². The number of hydrogen-bond donors (Lipinski definition) is 3. The van der Waals surface area contributed by atoms with E-state index in [9.17, 15) is 9.90 Å². The summed E-state index contributed by atoms with van der Waals surface area (Å²) >= 11 is 0. The van der Waals surface area contributed by atoms with Crippen molar-refractivity contribution >= 4 is 17.3 Å². The smallest absolute Gasteiger partial charge is 0.338 e. The third-order valence-electron chi connectivity index (χ3n) is 3.46. The van der Waals surface area contributed by atoms with Crippen LogP contribution in [0.1, 0.15) is 31.1 Å². The maximum Gasteiger partial charge on any atom is 0.338 e. The number of nitrogen functional groups attached to an aromatic ring is 1. The lowest BCUT2D eigenvalue weighted by molar-refractivity contribution is 0.00696. The molecule has 1 saturated heterocycles. The Morgan fingerprint density at radius 1 is 1.45 bits per heavy atom. The van der Waals surface area contributed by atoms with Gasteiger partial charge in [-0.15, -0.1) is 0 Å². The Morgan fingerprint density at radius 3 is 2.82 bits per heavy atom. The summed E-state index contributed by atoms with van der Waals surface area (Å²) < 4.78 is 10.7. The van der Waals surface area contributed by atoms with Crippen molar-refractivity contribution < 1.29 is 19.4 Å². The number of anilines is 2. The highest BCUT2D eigenvalue weighted by molar-refractivity contribution is 5.92. The molecule has 1 aromatic rings. The topological polar surface area (TPSA) is 93.8 Å². The number of hydrogen-bond acceptors (Lipinski definition) is 6. The van der Waals surface area contributed by atoms with E-state index in [2.05, 4.69) is 5.32 Å². The van der Waals surface area contributed by atoms with Crippen molar-refractivity contribution in [3.05, 3.63) is 23.8 Å². The predicted octanol–water partition coefficient (Wildman–Crippen LogP) is 1.64. The second-order valence-electron chi connectivity index (χ2n) is 6.53. The van der Waals surface area contributed by atoms with Gasteiger partial charge in [0.15, 0.2) is 0 Å². The number of aliphatic hydroxyl groups excluding tert-OH is 1. The minimum atomic E-state index is -0.548. The molecule has 0 aromatic heterocycles. The summed E-state index contributed by atoms with van der Waals surface area (Å²) in [4.78, 5) is 12.1. The molecule has 122 valence electrons. The Morgan fingerprint density at radius 2 is 2.18 bits per heavy atom. The molecular weight excluding hydrogens is 284 g/mol. The molecule has 0 bridgehead atoms. The van der Waals surface area contributed by atoms with E-state index in [1.165, 1.54) is 0 Å². The number of nitrogens with one attached hydrogen (secondary N) is 1. The van der Waals surface area contributed by atoms with Crippen LogP contribution >= 0.6 is 0 Å². The van der Waals surface area contributed by atoms with E-state index >= 15 is 0 Å². The fraction of sp³-hybridized carbons (Fsp3) is 0.562. The van der Waals surface area contributed by atoms with Gasteiger partial charge in [0.1, 0.15) is 5.60 Å². The molecule has 1 heterocycles. The van der Waals surface area contributed by atoms with Crippen LogP contribution in [0.25, 0.3) is 0 Å². The molecular formula is C16H24N2O4. The molecule has 2 rings (SSSR count). The number of nitrogens with two attached hydrogens (primary N) is 1. The van der Waals surface area contributed by atoms with Gasteiger partial charge in [-0.1, -0.05) is 0 Å². The van der Waals surface area contributed by atoms with Crippen LogP contribution in [0.15, 0.2) is 18.2 Å². The zero-order chi connectivity index (χ0) is 16.3. The van der Waals surface area contributed by atoms with Crippen molar-refractivity contribution in [2.75, 3.05) is 30.9 Å². The highest BCUT2D eigenvalue weighted by Gasteiger charge is 2.28. The van der Waals surface area contributed by atoms with Crippen molar-refractivity contribution in [1.29, 1.82) is 0 Å². The Balaban J connectivity index is 2.15. The molecule has 0 amide bonds. The molecule has 6 nitrogen and oxygen atoms in total. The molecule has 1 aliphatic heterocycles. The minimum absolute atomic E-state index is 0.0181. The molecule has 4 N–H and O–H groups in total. The third kappa shape index (κ3) is 4.11. The first-order chi connectivity index (χ1) is 10.3. The van der Waals surface area contributed by atoms with Gasteiger partial charge in [-0.3, -0.25) is 0 Å². The number of carbonyl (C=O) groups is 1. The lowest BCUT2D eigenvalue weighted by atomic mass is 10.0. The van der Waals surface area contributed by atoms with Crippen molar-refractivity contribution in [2.45, 2.75) is 32.4 Å². The summed E-state index contributed by atoms with van der Waals surface area (Å²) in [5.74, 6) is -0.374. The summed E-state index contributed by atoms with van der Waals surface area (Å²) in [6.07, 6.45) is 0. The number of rotatable bonds is 4. The first-order valence-electron chi connectivity index (χ1n) is 7.38. The van der Waals surface area contributed by atoms with Gasteiger partial charge in [0.2, 0.25) is 0 Å². The van der Waals surface area contributed by atoms with Gasteiger partial charge < -0.3 is 25.6 Å². The predicted molar refractivity (Wildman–Crippen MR) is 84.8 cm³/mol. The average Bonchev–Trinajstić information content (AvgIpc) is 2.86. The second-order valence-corrected chi connectivity index (χ2v) is 6.53. The van der Waals surface area contributed by atoms with E-state index in [1.807, 2.05) is 20.8 Å². The Labute approximate surface area is 130 Å². The maximum atomic E-state index is 12.1. The number of carbonyl (C=O) groups excluding carboxylic acids is 1. The summed E-state index contributed by atoms with van der Waals surface area (Å²) in [6.45, 7) is 6.53. The monoisotopic (exact) mass is 308 g/mol. The summed E-state index contributed by atoms with van der Waals surface area (Å²) in [5.41, 5.74) is 7.04. The SMILES string of the molecule is CC(C)(C)OC(=O)c1ccc(N)c(N[C@@H]2COCC2CO)c1.